The van der Waals surface area contributed by atoms with Gasteiger partial charge in [0.2, 0.25) is 11.7 Å². The fourth-order valence-corrected chi connectivity index (χ4v) is 0.770. The van der Waals surface area contributed by atoms with Crippen LogP contribution < -0.4 is 4.74 Å². The van der Waals surface area contributed by atoms with Crippen LogP contribution in [0.1, 0.15) is 10.5 Å². The topological polar surface area (TPSA) is 39.2 Å². The second-order valence-corrected chi connectivity index (χ2v) is 2.13. The lowest BCUT2D eigenvalue weighted by Crippen LogP contribution is -1.98. The van der Waals surface area contributed by atoms with E-state index >= 15 is 0 Å². The van der Waals surface area contributed by atoms with E-state index in [9.17, 15) is 4.79 Å². The molecule has 12 heavy (non-hydrogen) atoms. The van der Waals surface area contributed by atoms with Crippen LogP contribution in [-0.2, 0) is 0 Å². The van der Waals surface area contributed by atoms with Crippen molar-refractivity contribution < 1.29 is 9.53 Å². The van der Waals surface area contributed by atoms with Crippen molar-refractivity contribution in [2.45, 2.75) is 0 Å². The SMILES string of the molecule is C=CC(=O)c1cccc(OC)n1. The molecule has 0 unspecified atom stereocenters. The Morgan fingerprint density at radius 1 is 1.67 bits per heavy atom. The molecule has 1 heterocycles. The third-order valence-electron chi connectivity index (χ3n) is 1.37. The predicted molar refractivity (Wildman–Crippen MR) is 45.3 cm³/mol. The zero-order chi connectivity index (χ0) is 8.97. The van der Waals surface area contributed by atoms with Gasteiger partial charge in [0.25, 0.3) is 0 Å². The Morgan fingerprint density at radius 2 is 2.42 bits per heavy atom. The molecule has 0 aliphatic heterocycles. The van der Waals surface area contributed by atoms with Crippen molar-refractivity contribution in [3.8, 4) is 5.88 Å². The lowest BCUT2D eigenvalue weighted by molar-refractivity contribution is 0.104. The van der Waals surface area contributed by atoms with Crippen LogP contribution >= 0.6 is 0 Å². The molecule has 0 radical (unpaired) electrons. The molecule has 3 heteroatoms. The highest BCUT2D eigenvalue weighted by Gasteiger charge is 2.02. The number of methoxy groups -OCH3 is 1. The molecule has 1 aromatic heterocycles. The first-order valence-corrected chi connectivity index (χ1v) is 3.45. The smallest absolute Gasteiger partial charge is 0.213 e. The summed E-state index contributed by atoms with van der Waals surface area (Å²) in [5.41, 5.74) is 0.351. The average Bonchev–Trinajstić information content (AvgIpc) is 2.17. The predicted octanol–water partition coefficient (Wildman–Crippen LogP) is 1.46. The maximum atomic E-state index is 11.0. The standard InChI is InChI=1S/C9H9NO2/c1-3-8(11)7-5-4-6-9(10-7)12-2/h3-6H,1H2,2H3. The number of aromatic nitrogens is 1. The molecule has 0 amide bonds. The zero-order valence-corrected chi connectivity index (χ0v) is 6.78. The van der Waals surface area contributed by atoms with Crippen LogP contribution in [0, 0.1) is 0 Å². The van der Waals surface area contributed by atoms with Crippen molar-refractivity contribution in [2.24, 2.45) is 0 Å². The van der Waals surface area contributed by atoms with E-state index in [1.165, 1.54) is 13.2 Å². The van der Waals surface area contributed by atoms with Crippen LogP contribution in [0.15, 0.2) is 30.9 Å². The van der Waals surface area contributed by atoms with Gasteiger partial charge in [0.15, 0.2) is 0 Å². The maximum Gasteiger partial charge on any atom is 0.213 e. The summed E-state index contributed by atoms with van der Waals surface area (Å²) in [6, 6.07) is 5.01. The van der Waals surface area contributed by atoms with Crippen molar-refractivity contribution >= 4 is 5.78 Å². The van der Waals surface area contributed by atoms with E-state index < -0.39 is 0 Å². The normalized spacial score (nSPS) is 9.08. The van der Waals surface area contributed by atoms with Gasteiger partial charge in [-0.05, 0) is 12.1 Å². The van der Waals surface area contributed by atoms with Gasteiger partial charge in [-0.1, -0.05) is 12.6 Å². The van der Waals surface area contributed by atoms with E-state index in [1.54, 1.807) is 18.2 Å². The summed E-state index contributed by atoms with van der Waals surface area (Å²) in [6.45, 7) is 3.36. The molecule has 0 saturated carbocycles. The number of hydrogen-bond donors (Lipinski definition) is 0. The molecule has 0 aromatic carbocycles. The number of carbonyl (C=O) groups is 1. The van der Waals surface area contributed by atoms with Crippen LogP contribution in [0.2, 0.25) is 0 Å². The first-order chi connectivity index (χ1) is 5.77. The lowest BCUT2D eigenvalue weighted by atomic mass is 10.2. The number of rotatable bonds is 3. The van der Waals surface area contributed by atoms with Gasteiger partial charge in [-0.15, -0.1) is 0 Å². The third-order valence-corrected chi connectivity index (χ3v) is 1.37. The molecular formula is C9H9NO2. The summed E-state index contributed by atoms with van der Waals surface area (Å²) >= 11 is 0. The fourth-order valence-electron chi connectivity index (χ4n) is 0.770. The number of hydrogen-bond acceptors (Lipinski definition) is 3. The van der Waals surface area contributed by atoms with Crippen LogP contribution in [0.25, 0.3) is 0 Å². The molecule has 0 aliphatic carbocycles. The summed E-state index contributed by atoms with van der Waals surface area (Å²) in [7, 11) is 1.50. The van der Waals surface area contributed by atoms with Gasteiger partial charge in [-0.3, -0.25) is 4.79 Å². The van der Waals surface area contributed by atoms with Crippen molar-refractivity contribution in [1.82, 2.24) is 4.98 Å². The summed E-state index contributed by atoms with van der Waals surface area (Å²) in [4.78, 5) is 15.0. The minimum absolute atomic E-state index is 0.200. The summed E-state index contributed by atoms with van der Waals surface area (Å²) in [6.07, 6.45) is 1.22. The van der Waals surface area contributed by atoms with E-state index in [0.29, 0.717) is 11.6 Å². The Kier molecular flexibility index (Phi) is 2.58. The largest absolute Gasteiger partial charge is 0.481 e. The molecular weight excluding hydrogens is 154 g/mol. The quantitative estimate of drug-likeness (QED) is 0.500. The van der Waals surface area contributed by atoms with Gasteiger partial charge in [0, 0.05) is 6.07 Å². The molecule has 0 bridgehead atoms. The molecule has 1 aromatic rings. The van der Waals surface area contributed by atoms with E-state index in [0.717, 1.165) is 0 Å². The number of ketones is 1. The van der Waals surface area contributed by atoms with Gasteiger partial charge in [-0.25, -0.2) is 4.98 Å². The highest BCUT2D eigenvalue weighted by Crippen LogP contribution is 2.06. The van der Waals surface area contributed by atoms with Crippen LogP contribution in [0.3, 0.4) is 0 Å². The van der Waals surface area contributed by atoms with E-state index in [2.05, 4.69) is 11.6 Å². The molecule has 62 valence electrons. The zero-order valence-electron chi connectivity index (χ0n) is 6.78. The van der Waals surface area contributed by atoms with Crippen molar-refractivity contribution in [1.29, 1.82) is 0 Å². The third kappa shape index (κ3) is 1.69. The molecule has 0 aliphatic rings. The average molecular weight is 163 g/mol. The molecule has 0 spiro atoms. The number of allylic oxidation sites excluding steroid dienone is 1. The minimum atomic E-state index is -0.200. The lowest BCUT2D eigenvalue weighted by Gasteiger charge is -1.98. The molecule has 1 rings (SSSR count). The monoisotopic (exact) mass is 163 g/mol. The Labute approximate surface area is 70.7 Å². The van der Waals surface area contributed by atoms with Crippen LogP contribution in [0.5, 0.6) is 5.88 Å². The summed E-state index contributed by atoms with van der Waals surface area (Å²) < 4.78 is 4.85. The Balaban J connectivity index is 3.01. The van der Waals surface area contributed by atoms with Gasteiger partial charge in [-0.2, -0.15) is 0 Å². The van der Waals surface area contributed by atoms with Gasteiger partial charge in [0.1, 0.15) is 5.69 Å². The molecule has 0 atom stereocenters. The summed E-state index contributed by atoms with van der Waals surface area (Å²) in [5.74, 6) is 0.233. The van der Waals surface area contributed by atoms with E-state index in [1.807, 2.05) is 0 Å². The first kappa shape index (κ1) is 8.46. The Bertz CT molecular complexity index is 307. The maximum absolute atomic E-state index is 11.0. The minimum Gasteiger partial charge on any atom is -0.481 e. The van der Waals surface area contributed by atoms with E-state index in [4.69, 9.17) is 4.74 Å². The Hall–Kier alpha value is -1.64. The number of pyridine rings is 1. The van der Waals surface area contributed by atoms with Gasteiger partial charge < -0.3 is 4.74 Å². The highest BCUT2D eigenvalue weighted by atomic mass is 16.5. The number of ether oxygens (including phenoxy) is 1. The van der Waals surface area contributed by atoms with E-state index in [-0.39, 0.29) is 5.78 Å². The number of nitrogens with zero attached hydrogens (tertiary/aromatic N) is 1. The molecule has 3 nitrogen and oxygen atoms in total. The highest BCUT2D eigenvalue weighted by molar-refractivity contribution is 6.02. The first-order valence-electron chi connectivity index (χ1n) is 3.45. The molecule has 0 N–H and O–H groups in total. The Morgan fingerprint density at radius 3 is 3.00 bits per heavy atom. The second kappa shape index (κ2) is 3.67. The number of carbonyl (C=O) groups excluding carboxylic acids is 1. The van der Waals surface area contributed by atoms with Crippen molar-refractivity contribution in [3.63, 3.8) is 0 Å². The molecule has 0 saturated heterocycles. The second-order valence-electron chi connectivity index (χ2n) is 2.13. The van der Waals surface area contributed by atoms with Gasteiger partial charge >= 0.3 is 0 Å². The van der Waals surface area contributed by atoms with Gasteiger partial charge in [0.05, 0.1) is 7.11 Å². The van der Waals surface area contributed by atoms with Crippen LogP contribution in [-0.4, -0.2) is 17.9 Å². The van der Waals surface area contributed by atoms with Crippen molar-refractivity contribution in [2.75, 3.05) is 7.11 Å². The summed E-state index contributed by atoms with van der Waals surface area (Å²) in [5, 5.41) is 0. The van der Waals surface area contributed by atoms with Crippen molar-refractivity contribution in [3.05, 3.63) is 36.5 Å². The fraction of sp³-hybridized carbons (Fsp3) is 0.111. The molecule has 0 fully saturated rings. The van der Waals surface area contributed by atoms with Crippen LogP contribution in [0.4, 0.5) is 0 Å².